The van der Waals surface area contributed by atoms with E-state index >= 15 is 0 Å². The van der Waals surface area contributed by atoms with Crippen molar-refractivity contribution in [2.24, 2.45) is 0 Å². The Morgan fingerprint density at radius 3 is 2.29 bits per heavy atom. The minimum absolute atomic E-state index is 0.0306. The number of nitrogens with zero attached hydrogens (tertiary/aromatic N) is 2. The fourth-order valence-electron chi connectivity index (χ4n) is 2.53. The Morgan fingerprint density at radius 1 is 1.00 bits per heavy atom. The topological polar surface area (TPSA) is 26.9 Å². The molecule has 0 unspecified atom stereocenters. The predicted molar refractivity (Wildman–Crippen MR) is 87.2 cm³/mol. The van der Waals surface area contributed by atoms with Crippen LogP contribution >= 0.6 is 12.2 Å². The molecular weight excluding hydrogens is 280 g/mol. The molecule has 2 aromatic carbocycles. The zero-order valence-corrected chi connectivity index (χ0v) is 12.6. The van der Waals surface area contributed by atoms with Crippen LogP contribution in [-0.4, -0.2) is 15.0 Å². The van der Waals surface area contributed by atoms with Crippen molar-refractivity contribution in [1.29, 1.82) is 0 Å². The van der Waals surface area contributed by atoms with Crippen LogP contribution in [0.15, 0.2) is 54.6 Å². The molecule has 0 saturated carbocycles. The van der Waals surface area contributed by atoms with E-state index in [1.807, 2.05) is 54.0 Å². The molecule has 106 valence electrons. The van der Waals surface area contributed by atoms with E-state index in [2.05, 4.69) is 12.1 Å². The Bertz CT molecular complexity index is 846. The van der Waals surface area contributed by atoms with Gasteiger partial charge in [-0.3, -0.25) is 9.36 Å². The molecule has 0 amide bonds. The molecule has 0 atom stereocenters. The van der Waals surface area contributed by atoms with Gasteiger partial charge >= 0.3 is 0 Å². The van der Waals surface area contributed by atoms with Gasteiger partial charge in [0, 0.05) is 6.42 Å². The van der Waals surface area contributed by atoms with Crippen molar-refractivity contribution in [2.45, 2.75) is 19.9 Å². The quantitative estimate of drug-likeness (QED) is 0.675. The average molecular weight is 296 g/mol. The number of benzene rings is 2. The van der Waals surface area contributed by atoms with E-state index < -0.39 is 0 Å². The smallest absolute Gasteiger partial charge is 0.233 e. The van der Waals surface area contributed by atoms with Crippen LogP contribution < -0.4 is 0 Å². The molecule has 0 N–H and O–H groups in total. The maximum absolute atomic E-state index is 12.2. The Hall–Kier alpha value is -2.20. The molecule has 1 heterocycles. The van der Waals surface area contributed by atoms with Gasteiger partial charge in [-0.15, -0.1) is 0 Å². The minimum Gasteiger partial charge on any atom is -0.312 e. The van der Waals surface area contributed by atoms with E-state index in [1.54, 1.807) is 4.57 Å². The van der Waals surface area contributed by atoms with Gasteiger partial charge in [0.1, 0.15) is 0 Å². The first kappa shape index (κ1) is 13.8. The molecule has 3 aromatic rings. The lowest BCUT2D eigenvalue weighted by atomic mass is 10.2. The van der Waals surface area contributed by atoms with Crippen LogP contribution in [0.5, 0.6) is 0 Å². The van der Waals surface area contributed by atoms with Crippen LogP contribution in [0, 0.1) is 4.77 Å². The van der Waals surface area contributed by atoms with E-state index in [9.17, 15) is 4.79 Å². The summed E-state index contributed by atoms with van der Waals surface area (Å²) in [5.41, 5.74) is 3.04. The van der Waals surface area contributed by atoms with Gasteiger partial charge in [-0.1, -0.05) is 49.4 Å². The summed E-state index contributed by atoms with van der Waals surface area (Å²) in [6.45, 7) is 2.53. The van der Waals surface area contributed by atoms with Gasteiger partial charge in [-0.25, -0.2) is 0 Å². The van der Waals surface area contributed by atoms with Gasteiger partial charge in [0.2, 0.25) is 5.91 Å². The summed E-state index contributed by atoms with van der Waals surface area (Å²) < 4.78 is 4.23. The third-order valence-corrected chi connectivity index (χ3v) is 3.97. The zero-order chi connectivity index (χ0) is 14.8. The highest BCUT2D eigenvalue weighted by atomic mass is 32.1. The van der Waals surface area contributed by atoms with Crippen LogP contribution in [0.3, 0.4) is 0 Å². The third-order valence-electron chi connectivity index (χ3n) is 3.57. The predicted octanol–water partition coefficient (Wildman–Crippen LogP) is 4.27. The van der Waals surface area contributed by atoms with Crippen LogP contribution in [0.2, 0.25) is 0 Å². The van der Waals surface area contributed by atoms with E-state index in [0.717, 1.165) is 11.0 Å². The molecule has 0 saturated heterocycles. The second-order valence-corrected chi connectivity index (χ2v) is 5.29. The fourth-order valence-corrected chi connectivity index (χ4v) is 2.89. The molecule has 0 aliphatic carbocycles. The number of aromatic nitrogens is 2. The lowest BCUT2D eigenvalue weighted by Crippen LogP contribution is -2.10. The molecule has 3 nitrogen and oxygen atoms in total. The maximum Gasteiger partial charge on any atom is 0.233 e. The Kier molecular flexibility index (Phi) is 3.71. The lowest BCUT2D eigenvalue weighted by molar-refractivity contribution is 0.0911. The number of carbonyl (C=O) groups excluding carboxylic acids is 1. The first-order valence-corrected chi connectivity index (χ1v) is 7.40. The molecule has 0 radical (unpaired) electrons. The van der Waals surface area contributed by atoms with Gasteiger partial charge in [0.05, 0.1) is 17.6 Å². The van der Waals surface area contributed by atoms with E-state index in [-0.39, 0.29) is 5.91 Å². The van der Waals surface area contributed by atoms with Gasteiger partial charge in [0.15, 0.2) is 4.77 Å². The summed E-state index contributed by atoms with van der Waals surface area (Å²) in [7, 11) is 0. The summed E-state index contributed by atoms with van der Waals surface area (Å²) in [5.74, 6) is 0.0306. The van der Waals surface area contributed by atoms with Crippen LogP contribution in [0.25, 0.3) is 11.0 Å². The first-order valence-electron chi connectivity index (χ1n) is 6.99. The number of imidazole rings is 1. The number of hydrogen-bond acceptors (Lipinski definition) is 2. The van der Waals surface area contributed by atoms with Crippen molar-refractivity contribution in [3.63, 3.8) is 0 Å². The van der Waals surface area contributed by atoms with E-state index in [1.165, 1.54) is 5.56 Å². The molecule has 0 aliphatic heterocycles. The van der Waals surface area contributed by atoms with Gasteiger partial charge in [-0.05, 0) is 29.9 Å². The van der Waals surface area contributed by atoms with Crippen LogP contribution in [0.4, 0.5) is 0 Å². The Morgan fingerprint density at radius 2 is 1.62 bits per heavy atom. The highest BCUT2D eigenvalue weighted by Crippen LogP contribution is 2.20. The van der Waals surface area contributed by atoms with Crippen molar-refractivity contribution in [3.8, 4) is 0 Å². The maximum atomic E-state index is 12.2. The Balaban J connectivity index is 2.21. The fraction of sp³-hybridized carbons (Fsp3) is 0.176. The summed E-state index contributed by atoms with van der Waals surface area (Å²) >= 11 is 5.54. The molecule has 21 heavy (non-hydrogen) atoms. The molecule has 0 bridgehead atoms. The molecule has 1 aromatic heterocycles. The standard InChI is InChI=1S/C17H16N2OS/c1-2-16(20)19-15-11-7-6-10-14(15)18(17(19)21)12-13-8-4-3-5-9-13/h3-11H,2,12H2,1H3. The number of para-hydroxylation sites is 2. The van der Waals surface area contributed by atoms with Crippen molar-refractivity contribution in [2.75, 3.05) is 0 Å². The Labute approximate surface area is 128 Å². The lowest BCUT2D eigenvalue weighted by Gasteiger charge is -2.04. The van der Waals surface area contributed by atoms with E-state index in [0.29, 0.717) is 17.7 Å². The van der Waals surface area contributed by atoms with Gasteiger partial charge < -0.3 is 4.57 Å². The number of rotatable bonds is 3. The van der Waals surface area contributed by atoms with Crippen LogP contribution in [0.1, 0.15) is 23.7 Å². The largest absolute Gasteiger partial charge is 0.312 e. The molecule has 3 rings (SSSR count). The van der Waals surface area contributed by atoms with E-state index in [4.69, 9.17) is 12.2 Å². The summed E-state index contributed by atoms with van der Waals surface area (Å²) in [6.07, 6.45) is 0.438. The first-order chi connectivity index (χ1) is 10.2. The molecular formula is C17H16N2OS. The van der Waals surface area contributed by atoms with Crippen molar-refractivity contribution in [1.82, 2.24) is 9.13 Å². The minimum atomic E-state index is 0.0306. The van der Waals surface area contributed by atoms with Gasteiger partial charge in [0.25, 0.3) is 0 Å². The molecule has 0 spiro atoms. The second kappa shape index (κ2) is 5.66. The zero-order valence-electron chi connectivity index (χ0n) is 11.8. The SMILES string of the molecule is CCC(=O)n1c(=S)n(Cc2ccccc2)c2ccccc21. The molecule has 0 fully saturated rings. The number of hydrogen-bond donors (Lipinski definition) is 0. The van der Waals surface area contributed by atoms with Crippen LogP contribution in [-0.2, 0) is 6.54 Å². The number of fused-ring (bicyclic) bond motifs is 1. The van der Waals surface area contributed by atoms with Crippen molar-refractivity contribution in [3.05, 3.63) is 64.9 Å². The summed E-state index contributed by atoms with van der Waals surface area (Å²) in [5, 5.41) is 0. The normalized spacial score (nSPS) is 10.9. The average Bonchev–Trinajstić information content (AvgIpc) is 2.80. The molecule has 4 heteroatoms. The highest BCUT2D eigenvalue weighted by molar-refractivity contribution is 7.71. The monoisotopic (exact) mass is 296 g/mol. The third kappa shape index (κ3) is 2.43. The van der Waals surface area contributed by atoms with Gasteiger partial charge in [-0.2, -0.15) is 0 Å². The van der Waals surface area contributed by atoms with Crippen molar-refractivity contribution >= 4 is 29.2 Å². The molecule has 0 aliphatic rings. The summed E-state index contributed by atoms with van der Waals surface area (Å²) in [6, 6.07) is 18.0. The second-order valence-electron chi connectivity index (χ2n) is 4.93. The van der Waals surface area contributed by atoms with Crippen molar-refractivity contribution < 1.29 is 4.79 Å². The summed E-state index contributed by atoms with van der Waals surface area (Å²) in [4.78, 5) is 12.2. The highest BCUT2D eigenvalue weighted by Gasteiger charge is 2.14. The number of carbonyl (C=O) groups is 1.